The van der Waals surface area contributed by atoms with E-state index in [1.54, 1.807) is 0 Å². The number of hydrogen-bond donors (Lipinski definition) is 1. The highest BCUT2D eigenvalue weighted by atomic mass is 32.2. The summed E-state index contributed by atoms with van der Waals surface area (Å²) in [6, 6.07) is 0. The van der Waals surface area contributed by atoms with Crippen molar-refractivity contribution in [3.05, 3.63) is 0 Å². The zero-order chi connectivity index (χ0) is 13.1. The summed E-state index contributed by atoms with van der Waals surface area (Å²) in [7, 11) is -5.67. The number of nitrogens with zero attached hydrogens (tertiary/aromatic N) is 2. The van der Waals surface area contributed by atoms with E-state index in [9.17, 15) is 16.8 Å². The largest absolute Gasteiger partial charge is 0.384 e. The molecule has 0 aromatic carbocycles. The third-order valence-corrected chi connectivity index (χ3v) is 5.42. The van der Waals surface area contributed by atoms with Crippen molar-refractivity contribution in [1.82, 2.24) is 8.61 Å². The molecule has 0 radical (unpaired) electrons. The molecule has 0 aromatic heterocycles. The molecule has 0 bridgehead atoms. The van der Waals surface area contributed by atoms with E-state index in [-0.39, 0.29) is 38.5 Å². The molecule has 0 atom stereocenters. The molecule has 0 amide bonds. The standard InChI is InChI=1S/C7H17N3O5S2/c1-15-6-7-16(11,12)9-2-4-10(5-3-9)17(8,13)14/h2-7H2,1H3,(H2,8,13,14). The number of sulfonamides is 1. The van der Waals surface area contributed by atoms with Crippen LogP contribution in [0.4, 0.5) is 0 Å². The van der Waals surface area contributed by atoms with Crippen LogP contribution in [0.15, 0.2) is 0 Å². The molecule has 17 heavy (non-hydrogen) atoms. The molecule has 2 N–H and O–H groups in total. The van der Waals surface area contributed by atoms with Gasteiger partial charge in [-0.15, -0.1) is 0 Å². The molecule has 1 aliphatic rings. The van der Waals surface area contributed by atoms with E-state index >= 15 is 0 Å². The Bertz CT molecular complexity index is 438. The monoisotopic (exact) mass is 287 g/mol. The van der Waals surface area contributed by atoms with Crippen molar-refractivity contribution in [1.29, 1.82) is 0 Å². The molecule has 0 unspecified atom stereocenters. The highest BCUT2D eigenvalue weighted by molar-refractivity contribution is 7.89. The van der Waals surface area contributed by atoms with Gasteiger partial charge in [-0.25, -0.2) is 13.6 Å². The van der Waals surface area contributed by atoms with Crippen molar-refractivity contribution in [2.24, 2.45) is 5.14 Å². The highest BCUT2D eigenvalue weighted by Crippen LogP contribution is 2.09. The van der Waals surface area contributed by atoms with Gasteiger partial charge in [-0.3, -0.25) is 0 Å². The van der Waals surface area contributed by atoms with Gasteiger partial charge in [0.05, 0.1) is 12.4 Å². The topological polar surface area (TPSA) is 110 Å². The predicted molar refractivity (Wildman–Crippen MR) is 61.9 cm³/mol. The summed E-state index contributed by atoms with van der Waals surface area (Å²) in [5, 5.41) is 4.96. The van der Waals surface area contributed by atoms with E-state index in [0.717, 1.165) is 4.31 Å². The molecule has 0 aliphatic carbocycles. The van der Waals surface area contributed by atoms with Gasteiger partial charge in [0.1, 0.15) is 0 Å². The Labute approximate surface area is 102 Å². The fourth-order valence-electron chi connectivity index (χ4n) is 1.52. The summed E-state index contributed by atoms with van der Waals surface area (Å²) in [5.41, 5.74) is 0. The Kier molecular flexibility index (Phi) is 4.86. The van der Waals surface area contributed by atoms with E-state index in [1.165, 1.54) is 11.4 Å². The number of methoxy groups -OCH3 is 1. The first kappa shape index (κ1) is 14.8. The SMILES string of the molecule is COCCS(=O)(=O)N1CCN(S(N)(=O)=O)CC1. The fraction of sp³-hybridized carbons (Fsp3) is 1.00. The van der Waals surface area contributed by atoms with Gasteiger partial charge < -0.3 is 4.74 Å². The minimum atomic E-state index is -3.72. The van der Waals surface area contributed by atoms with Crippen molar-refractivity contribution in [2.45, 2.75) is 0 Å². The van der Waals surface area contributed by atoms with Crippen LogP contribution in [0.3, 0.4) is 0 Å². The quantitative estimate of drug-likeness (QED) is 0.616. The van der Waals surface area contributed by atoms with Crippen LogP contribution in [-0.4, -0.2) is 71.1 Å². The van der Waals surface area contributed by atoms with Crippen LogP contribution >= 0.6 is 0 Å². The van der Waals surface area contributed by atoms with Crippen LogP contribution < -0.4 is 5.14 Å². The van der Waals surface area contributed by atoms with E-state index in [0.29, 0.717) is 0 Å². The summed E-state index contributed by atoms with van der Waals surface area (Å²) in [5.74, 6) is -0.0983. The van der Waals surface area contributed by atoms with E-state index in [4.69, 9.17) is 9.88 Å². The second kappa shape index (κ2) is 5.59. The fourth-order valence-corrected chi connectivity index (χ4v) is 3.55. The number of rotatable bonds is 5. The molecule has 1 aliphatic heterocycles. The van der Waals surface area contributed by atoms with Crippen molar-refractivity contribution in [2.75, 3.05) is 45.6 Å². The second-order valence-electron chi connectivity index (χ2n) is 3.65. The Hall–Kier alpha value is -0.260. The first-order valence-electron chi connectivity index (χ1n) is 5.02. The molecular formula is C7H17N3O5S2. The Morgan fingerprint density at radius 2 is 1.53 bits per heavy atom. The lowest BCUT2D eigenvalue weighted by atomic mass is 10.4. The van der Waals surface area contributed by atoms with Crippen molar-refractivity contribution in [3.63, 3.8) is 0 Å². The van der Waals surface area contributed by atoms with E-state index in [2.05, 4.69) is 0 Å². The van der Waals surface area contributed by atoms with Crippen LogP contribution in [0.5, 0.6) is 0 Å². The van der Waals surface area contributed by atoms with Crippen molar-refractivity contribution >= 4 is 20.2 Å². The second-order valence-corrected chi connectivity index (χ2v) is 7.29. The lowest BCUT2D eigenvalue weighted by Crippen LogP contribution is -2.52. The molecule has 0 saturated carbocycles. The summed E-state index contributed by atoms with van der Waals surface area (Å²) in [6.45, 7) is 0.554. The van der Waals surface area contributed by atoms with E-state index in [1.807, 2.05) is 0 Å². The Morgan fingerprint density at radius 1 is 1.06 bits per heavy atom. The zero-order valence-corrected chi connectivity index (χ0v) is 11.2. The van der Waals surface area contributed by atoms with Crippen LogP contribution in [0, 0.1) is 0 Å². The van der Waals surface area contributed by atoms with Crippen LogP contribution in [-0.2, 0) is 25.0 Å². The predicted octanol–water partition coefficient (Wildman–Crippen LogP) is -2.22. The molecular weight excluding hydrogens is 270 g/mol. The van der Waals surface area contributed by atoms with Crippen molar-refractivity contribution in [3.8, 4) is 0 Å². The maximum Gasteiger partial charge on any atom is 0.276 e. The molecule has 1 fully saturated rings. The maximum atomic E-state index is 11.7. The van der Waals surface area contributed by atoms with Gasteiger partial charge in [0.25, 0.3) is 10.2 Å². The molecule has 0 aromatic rings. The molecule has 8 nitrogen and oxygen atoms in total. The van der Waals surface area contributed by atoms with Crippen LogP contribution in [0.1, 0.15) is 0 Å². The highest BCUT2D eigenvalue weighted by Gasteiger charge is 2.30. The maximum absolute atomic E-state index is 11.7. The molecule has 0 spiro atoms. The average molecular weight is 287 g/mol. The van der Waals surface area contributed by atoms with Crippen LogP contribution in [0.25, 0.3) is 0 Å². The summed E-state index contributed by atoms with van der Waals surface area (Å²) in [4.78, 5) is 0. The molecule has 1 rings (SSSR count). The Balaban J connectivity index is 2.58. The molecule has 1 saturated heterocycles. The van der Waals surface area contributed by atoms with Gasteiger partial charge in [0.15, 0.2) is 0 Å². The first-order chi connectivity index (χ1) is 7.77. The molecule has 1 heterocycles. The first-order valence-corrected chi connectivity index (χ1v) is 8.13. The van der Waals surface area contributed by atoms with Gasteiger partial charge >= 0.3 is 0 Å². The van der Waals surface area contributed by atoms with E-state index < -0.39 is 20.2 Å². The smallest absolute Gasteiger partial charge is 0.276 e. The van der Waals surface area contributed by atoms with Gasteiger partial charge in [0.2, 0.25) is 10.0 Å². The third kappa shape index (κ3) is 4.16. The third-order valence-electron chi connectivity index (χ3n) is 2.50. The number of nitrogens with two attached hydrogens (primary N) is 1. The zero-order valence-electron chi connectivity index (χ0n) is 9.57. The lowest BCUT2D eigenvalue weighted by molar-refractivity contribution is 0.213. The molecule has 10 heteroatoms. The van der Waals surface area contributed by atoms with Crippen molar-refractivity contribution < 1.29 is 21.6 Å². The summed E-state index contributed by atoms with van der Waals surface area (Å²) in [6.07, 6.45) is 0. The molecule has 102 valence electrons. The summed E-state index contributed by atoms with van der Waals surface area (Å²) < 4.78 is 52.6. The number of ether oxygens (including phenoxy) is 1. The van der Waals surface area contributed by atoms with Gasteiger partial charge in [-0.1, -0.05) is 0 Å². The average Bonchev–Trinajstić information content (AvgIpc) is 2.25. The number of piperazine rings is 1. The number of hydrogen-bond acceptors (Lipinski definition) is 5. The van der Waals surface area contributed by atoms with Crippen LogP contribution in [0.2, 0.25) is 0 Å². The summed E-state index contributed by atoms with van der Waals surface area (Å²) >= 11 is 0. The minimum absolute atomic E-state index is 0.0883. The minimum Gasteiger partial charge on any atom is -0.384 e. The van der Waals surface area contributed by atoms with Gasteiger partial charge in [-0.05, 0) is 0 Å². The normalized spacial score (nSPS) is 20.6. The van der Waals surface area contributed by atoms with Gasteiger partial charge in [-0.2, -0.15) is 17.0 Å². The lowest BCUT2D eigenvalue weighted by Gasteiger charge is -2.32. The van der Waals surface area contributed by atoms with Gasteiger partial charge in [0, 0.05) is 33.3 Å². The Morgan fingerprint density at radius 3 is 1.94 bits per heavy atom.